The number of benzene rings is 4. The first-order valence-corrected chi connectivity index (χ1v) is 14.9. The second-order valence-corrected chi connectivity index (χ2v) is 11.6. The van der Waals surface area contributed by atoms with E-state index in [0.29, 0.717) is 23.3 Å². The Bertz CT molecular complexity index is 1760. The van der Waals surface area contributed by atoms with Gasteiger partial charge in [-0.2, -0.15) is 0 Å². The van der Waals surface area contributed by atoms with Gasteiger partial charge in [0.2, 0.25) is 0 Å². The summed E-state index contributed by atoms with van der Waals surface area (Å²) in [6.45, 7) is 6.22. The molecule has 1 aromatic heterocycles. The van der Waals surface area contributed by atoms with Crippen LogP contribution in [0.1, 0.15) is 47.3 Å². The van der Waals surface area contributed by atoms with Crippen LogP contribution in [0.5, 0.6) is 0 Å². The second-order valence-electron chi connectivity index (χ2n) is 9.53. The molecule has 0 aliphatic rings. The third-order valence-electron chi connectivity index (χ3n) is 6.87. The third kappa shape index (κ3) is 5.91. The van der Waals surface area contributed by atoms with E-state index in [1.54, 1.807) is 11.8 Å². The SMILES string of the molecule is CCn1c2ccc(C(=O)c3ccccc3C)cc2c2cc(/C(CCSc3ccc(Br)cc3)=N/OC(C)=O)ccc21. The van der Waals surface area contributed by atoms with E-state index in [9.17, 15) is 9.59 Å². The minimum absolute atomic E-state index is 0.00984. The Morgan fingerprint density at radius 3 is 2.20 bits per heavy atom. The minimum atomic E-state index is -0.457. The average molecular weight is 614 g/mol. The Labute approximate surface area is 246 Å². The first-order valence-electron chi connectivity index (χ1n) is 13.1. The van der Waals surface area contributed by atoms with Crippen LogP contribution in [0.3, 0.4) is 0 Å². The van der Waals surface area contributed by atoms with Gasteiger partial charge in [0, 0.05) is 73.5 Å². The molecule has 4 aromatic carbocycles. The van der Waals surface area contributed by atoms with Gasteiger partial charge in [-0.05, 0) is 74.0 Å². The molecule has 0 fully saturated rings. The fourth-order valence-electron chi connectivity index (χ4n) is 4.91. The molecular weight excluding hydrogens is 584 g/mol. The van der Waals surface area contributed by atoms with Crippen molar-refractivity contribution in [1.29, 1.82) is 0 Å². The van der Waals surface area contributed by atoms with Crippen LogP contribution in [0.25, 0.3) is 21.8 Å². The third-order valence-corrected chi connectivity index (χ3v) is 8.41. The van der Waals surface area contributed by atoms with E-state index >= 15 is 0 Å². The van der Waals surface area contributed by atoms with Crippen LogP contribution < -0.4 is 0 Å². The number of aromatic nitrogens is 1. The lowest BCUT2D eigenvalue weighted by atomic mass is 9.97. The van der Waals surface area contributed by atoms with E-state index in [0.717, 1.165) is 54.6 Å². The Balaban J connectivity index is 1.53. The Morgan fingerprint density at radius 1 is 0.900 bits per heavy atom. The van der Waals surface area contributed by atoms with Crippen molar-refractivity contribution in [3.63, 3.8) is 0 Å². The van der Waals surface area contributed by atoms with Gasteiger partial charge in [0.15, 0.2) is 5.78 Å². The maximum Gasteiger partial charge on any atom is 0.331 e. The zero-order chi connectivity index (χ0) is 28.2. The van der Waals surface area contributed by atoms with Crippen molar-refractivity contribution in [3.05, 3.63) is 112 Å². The molecule has 1 heterocycles. The molecule has 0 bridgehead atoms. The van der Waals surface area contributed by atoms with Gasteiger partial charge >= 0.3 is 5.97 Å². The fourth-order valence-corrected chi connectivity index (χ4v) is 6.03. The first kappa shape index (κ1) is 27.9. The predicted molar refractivity (Wildman–Crippen MR) is 168 cm³/mol. The standard InChI is InChI=1S/C33H29BrN2O3S/c1-4-36-31-15-9-23(30(35-39-22(3)37)17-18-40-26-13-11-25(34)12-14-26)19-28(31)29-20-24(10-16-32(29)36)33(38)27-8-6-5-7-21(27)2/h5-16,19-20H,4,17-18H2,1-3H3/b35-30+. The molecule has 40 heavy (non-hydrogen) atoms. The van der Waals surface area contributed by atoms with Gasteiger partial charge in [-0.3, -0.25) is 4.79 Å². The highest BCUT2D eigenvalue weighted by Crippen LogP contribution is 2.32. The number of fused-ring (bicyclic) bond motifs is 3. The van der Waals surface area contributed by atoms with E-state index in [1.165, 1.54) is 6.92 Å². The number of hydrogen-bond donors (Lipinski definition) is 0. The van der Waals surface area contributed by atoms with Gasteiger partial charge in [-0.1, -0.05) is 51.4 Å². The number of hydrogen-bond acceptors (Lipinski definition) is 5. The lowest BCUT2D eigenvalue weighted by molar-refractivity contribution is -0.140. The molecule has 0 amide bonds. The monoisotopic (exact) mass is 612 g/mol. The van der Waals surface area contributed by atoms with Gasteiger partial charge in [0.1, 0.15) is 0 Å². The maximum absolute atomic E-state index is 13.4. The molecule has 0 saturated carbocycles. The van der Waals surface area contributed by atoms with Crippen molar-refractivity contribution < 1.29 is 14.4 Å². The molecule has 0 atom stereocenters. The van der Waals surface area contributed by atoms with Crippen LogP contribution in [-0.4, -0.2) is 27.8 Å². The number of nitrogens with zero attached hydrogens (tertiary/aromatic N) is 2. The smallest absolute Gasteiger partial charge is 0.331 e. The summed E-state index contributed by atoms with van der Waals surface area (Å²) in [4.78, 5) is 31.3. The lowest BCUT2D eigenvalue weighted by Crippen LogP contribution is -2.06. The van der Waals surface area contributed by atoms with Crippen LogP contribution in [0, 0.1) is 6.92 Å². The summed E-state index contributed by atoms with van der Waals surface area (Å²) in [7, 11) is 0. The van der Waals surface area contributed by atoms with Crippen LogP contribution >= 0.6 is 27.7 Å². The molecule has 5 nitrogen and oxygen atoms in total. The minimum Gasteiger partial charge on any atom is -0.341 e. The zero-order valence-corrected chi connectivity index (χ0v) is 25.0. The lowest BCUT2D eigenvalue weighted by Gasteiger charge is -2.08. The summed E-state index contributed by atoms with van der Waals surface area (Å²) in [6.07, 6.45) is 0.614. The number of halogens is 1. The van der Waals surface area contributed by atoms with Crippen LogP contribution in [-0.2, 0) is 16.2 Å². The zero-order valence-electron chi connectivity index (χ0n) is 22.6. The normalized spacial score (nSPS) is 11.8. The first-order chi connectivity index (χ1) is 19.4. The van der Waals surface area contributed by atoms with Gasteiger partial charge in [-0.25, -0.2) is 4.79 Å². The van der Waals surface area contributed by atoms with Gasteiger partial charge in [-0.15, -0.1) is 11.8 Å². The maximum atomic E-state index is 13.4. The molecular formula is C33H29BrN2O3S. The quantitative estimate of drug-likeness (QED) is 0.0550. The van der Waals surface area contributed by atoms with Gasteiger partial charge < -0.3 is 9.40 Å². The summed E-state index contributed by atoms with van der Waals surface area (Å²) in [5.41, 5.74) is 6.06. The summed E-state index contributed by atoms with van der Waals surface area (Å²) in [5, 5.41) is 6.27. The fraction of sp³-hybridized carbons (Fsp3) is 0.182. The summed E-state index contributed by atoms with van der Waals surface area (Å²) in [5.74, 6) is 0.322. The van der Waals surface area contributed by atoms with E-state index in [4.69, 9.17) is 4.84 Å². The largest absolute Gasteiger partial charge is 0.341 e. The Hall–Kier alpha value is -3.68. The highest BCUT2D eigenvalue weighted by Gasteiger charge is 2.17. The molecule has 7 heteroatoms. The van der Waals surface area contributed by atoms with E-state index < -0.39 is 5.97 Å². The van der Waals surface area contributed by atoms with Gasteiger partial charge in [0.05, 0.1) is 5.71 Å². The molecule has 0 aliphatic heterocycles. The summed E-state index contributed by atoms with van der Waals surface area (Å²) in [6, 6.07) is 28.0. The number of rotatable bonds is 9. The predicted octanol–water partition coefficient (Wildman–Crippen LogP) is 8.57. The molecule has 0 spiro atoms. The second kappa shape index (κ2) is 12.2. The Kier molecular flexibility index (Phi) is 8.52. The van der Waals surface area contributed by atoms with Crippen molar-refractivity contribution in [2.24, 2.45) is 5.16 Å². The van der Waals surface area contributed by atoms with E-state index in [1.807, 2.05) is 67.6 Å². The van der Waals surface area contributed by atoms with Crippen LogP contribution in [0.4, 0.5) is 0 Å². The number of ketones is 1. The number of oxime groups is 1. The van der Waals surface area contributed by atoms with Crippen molar-refractivity contribution in [1.82, 2.24) is 4.57 Å². The van der Waals surface area contributed by atoms with Gasteiger partial charge in [0.25, 0.3) is 0 Å². The van der Waals surface area contributed by atoms with Crippen molar-refractivity contribution in [2.45, 2.75) is 38.6 Å². The number of thioether (sulfide) groups is 1. The van der Waals surface area contributed by atoms with Crippen molar-refractivity contribution >= 4 is 67.0 Å². The molecule has 0 N–H and O–H groups in total. The average Bonchev–Trinajstić information content (AvgIpc) is 3.27. The number of aryl methyl sites for hydroxylation is 2. The molecule has 5 aromatic rings. The van der Waals surface area contributed by atoms with Crippen LogP contribution in [0.15, 0.2) is 99.5 Å². The van der Waals surface area contributed by atoms with Crippen LogP contribution in [0.2, 0.25) is 0 Å². The highest BCUT2D eigenvalue weighted by atomic mass is 79.9. The van der Waals surface area contributed by atoms with E-state index in [-0.39, 0.29) is 5.78 Å². The Morgan fingerprint density at radius 2 is 1.55 bits per heavy atom. The van der Waals surface area contributed by atoms with Crippen molar-refractivity contribution in [3.8, 4) is 0 Å². The molecule has 0 saturated heterocycles. The molecule has 0 aliphatic carbocycles. The number of carbonyl (C=O) groups is 2. The molecule has 202 valence electrons. The topological polar surface area (TPSA) is 60.7 Å². The number of carbonyl (C=O) groups excluding carboxylic acids is 2. The van der Waals surface area contributed by atoms with Crippen molar-refractivity contribution in [2.75, 3.05) is 5.75 Å². The van der Waals surface area contributed by atoms with E-state index in [2.05, 4.69) is 56.8 Å². The highest BCUT2D eigenvalue weighted by molar-refractivity contribution is 9.10. The molecule has 5 rings (SSSR count). The summed E-state index contributed by atoms with van der Waals surface area (Å²) < 4.78 is 3.29. The summed E-state index contributed by atoms with van der Waals surface area (Å²) >= 11 is 5.20. The molecule has 0 radical (unpaired) electrons. The molecule has 0 unspecified atom stereocenters.